The second-order valence-electron chi connectivity index (χ2n) is 7.02. The van der Waals surface area contributed by atoms with E-state index in [9.17, 15) is 9.18 Å². The van der Waals surface area contributed by atoms with Crippen molar-refractivity contribution in [1.82, 2.24) is 14.4 Å². The first-order chi connectivity index (χ1) is 15.1. The van der Waals surface area contributed by atoms with Crippen molar-refractivity contribution in [2.24, 2.45) is 0 Å². The minimum absolute atomic E-state index is 0.228. The Morgan fingerprint density at radius 2 is 2.03 bits per heavy atom. The Balaban J connectivity index is 1.35. The number of hydrogen-bond acceptors (Lipinski definition) is 5. The summed E-state index contributed by atoms with van der Waals surface area (Å²) in [7, 11) is 0. The number of thiazole rings is 1. The molecular formula is C23H17FN4O2S. The van der Waals surface area contributed by atoms with Crippen LogP contribution in [-0.4, -0.2) is 20.3 Å². The van der Waals surface area contributed by atoms with Gasteiger partial charge < -0.3 is 9.14 Å². The van der Waals surface area contributed by atoms with E-state index in [1.165, 1.54) is 23.5 Å². The van der Waals surface area contributed by atoms with E-state index < -0.39 is 0 Å². The van der Waals surface area contributed by atoms with Gasteiger partial charge in [-0.3, -0.25) is 10.1 Å². The fourth-order valence-corrected chi connectivity index (χ4v) is 4.21. The highest BCUT2D eigenvalue weighted by molar-refractivity contribution is 7.22. The second kappa shape index (κ2) is 7.81. The average Bonchev–Trinajstić information content (AvgIpc) is 3.36. The van der Waals surface area contributed by atoms with Gasteiger partial charge in [0.05, 0.1) is 21.5 Å². The molecule has 0 fully saturated rings. The van der Waals surface area contributed by atoms with Gasteiger partial charge in [-0.15, -0.1) is 0 Å². The van der Waals surface area contributed by atoms with Gasteiger partial charge in [0.15, 0.2) is 5.13 Å². The lowest BCUT2D eigenvalue weighted by Gasteiger charge is -2.09. The predicted octanol–water partition coefficient (Wildman–Crippen LogP) is 5.22. The number of hydrogen-bond donors (Lipinski definition) is 1. The molecule has 0 aliphatic heterocycles. The van der Waals surface area contributed by atoms with Crippen molar-refractivity contribution in [3.05, 3.63) is 89.6 Å². The van der Waals surface area contributed by atoms with Crippen molar-refractivity contribution in [3.63, 3.8) is 0 Å². The van der Waals surface area contributed by atoms with E-state index in [4.69, 9.17) is 4.74 Å². The van der Waals surface area contributed by atoms with E-state index in [1.807, 2.05) is 35.9 Å². The molecule has 0 aliphatic carbocycles. The third kappa shape index (κ3) is 3.85. The van der Waals surface area contributed by atoms with E-state index in [2.05, 4.69) is 15.3 Å². The third-order valence-corrected chi connectivity index (χ3v) is 5.74. The normalized spacial score (nSPS) is 11.2. The van der Waals surface area contributed by atoms with Gasteiger partial charge in [-0.25, -0.2) is 14.4 Å². The number of fused-ring (bicyclic) bond motifs is 2. The standard InChI is InChI=1S/C23H17FN4O2S/c1-14-5-4-10-28-12-16(25-21(14)28)13-30-19-7-3-2-6-17(19)22(29)27-23-26-18-9-8-15(24)11-20(18)31-23/h2-12H,13H2,1H3,(H,26,27,29). The Morgan fingerprint density at radius 1 is 1.16 bits per heavy atom. The molecule has 0 bridgehead atoms. The maximum atomic E-state index is 13.4. The van der Waals surface area contributed by atoms with Crippen molar-refractivity contribution in [1.29, 1.82) is 0 Å². The second-order valence-corrected chi connectivity index (χ2v) is 8.05. The topological polar surface area (TPSA) is 68.5 Å². The Labute approximate surface area is 181 Å². The van der Waals surface area contributed by atoms with Gasteiger partial charge in [-0.2, -0.15) is 0 Å². The van der Waals surface area contributed by atoms with Gasteiger partial charge in [-0.05, 0) is 48.9 Å². The molecule has 6 nitrogen and oxygen atoms in total. The number of nitrogens with one attached hydrogen (secondary N) is 1. The molecule has 5 rings (SSSR count). The number of aromatic nitrogens is 3. The van der Waals surface area contributed by atoms with E-state index in [-0.39, 0.29) is 18.3 Å². The molecule has 0 radical (unpaired) electrons. The van der Waals surface area contributed by atoms with Gasteiger partial charge >= 0.3 is 0 Å². The lowest BCUT2D eigenvalue weighted by atomic mass is 10.2. The Hall–Kier alpha value is -3.78. The third-order valence-electron chi connectivity index (χ3n) is 4.81. The maximum absolute atomic E-state index is 13.4. The minimum atomic E-state index is -0.346. The summed E-state index contributed by atoms with van der Waals surface area (Å²) in [6.07, 6.45) is 3.84. The predicted molar refractivity (Wildman–Crippen MR) is 118 cm³/mol. The zero-order valence-corrected chi connectivity index (χ0v) is 17.3. The smallest absolute Gasteiger partial charge is 0.261 e. The van der Waals surface area contributed by atoms with Crippen LogP contribution in [0.1, 0.15) is 21.6 Å². The highest BCUT2D eigenvalue weighted by Crippen LogP contribution is 2.28. The van der Waals surface area contributed by atoms with Crippen LogP contribution in [-0.2, 0) is 6.61 Å². The van der Waals surface area contributed by atoms with E-state index in [0.29, 0.717) is 26.7 Å². The van der Waals surface area contributed by atoms with Crippen LogP contribution in [0.5, 0.6) is 5.75 Å². The van der Waals surface area contributed by atoms with Crippen LogP contribution in [0.3, 0.4) is 0 Å². The fraction of sp³-hybridized carbons (Fsp3) is 0.0870. The van der Waals surface area contributed by atoms with Crippen molar-refractivity contribution in [3.8, 4) is 5.75 Å². The number of nitrogens with zero attached hydrogens (tertiary/aromatic N) is 3. The molecule has 2 aromatic carbocycles. The Morgan fingerprint density at radius 3 is 2.90 bits per heavy atom. The number of rotatable bonds is 5. The van der Waals surface area contributed by atoms with Crippen LogP contribution >= 0.6 is 11.3 Å². The molecule has 8 heteroatoms. The SMILES string of the molecule is Cc1cccn2cc(COc3ccccc3C(=O)Nc3nc4ccc(F)cc4s3)nc12. The molecule has 0 saturated carbocycles. The van der Waals surface area contributed by atoms with Gasteiger partial charge in [0.2, 0.25) is 0 Å². The molecule has 0 saturated heterocycles. The molecule has 154 valence electrons. The van der Waals surface area contributed by atoms with Crippen LogP contribution in [0.4, 0.5) is 9.52 Å². The fourth-order valence-electron chi connectivity index (χ4n) is 3.32. The summed E-state index contributed by atoms with van der Waals surface area (Å²) in [6.45, 7) is 2.23. The number of pyridine rings is 1. The highest BCUT2D eigenvalue weighted by atomic mass is 32.1. The van der Waals surface area contributed by atoms with Crippen LogP contribution in [0.15, 0.2) is 67.0 Å². The number of benzene rings is 2. The average molecular weight is 432 g/mol. The summed E-state index contributed by atoms with van der Waals surface area (Å²) in [4.78, 5) is 21.8. The molecule has 1 amide bonds. The number of carbonyl (C=O) groups is 1. The van der Waals surface area contributed by atoms with Gasteiger partial charge in [-0.1, -0.05) is 29.5 Å². The van der Waals surface area contributed by atoms with Crippen molar-refractivity contribution >= 4 is 38.2 Å². The molecular weight excluding hydrogens is 415 g/mol. The molecule has 0 atom stereocenters. The zero-order valence-electron chi connectivity index (χ0n) is 16.5. The summed E-state index contributed by atoms with van der Waals surface area (Å²) in [5.74, 6) is -0.239. The quantitative estimate of drug-likeness (QED) is 0.413. The molecule has 3 heterocycles. The minimum Gasteiger partial charge on any atom is -0.486 e. The summed E-state index contributed by atoms with van der Waals surface area (Å²) in [5, 5.41) is 3.18. The van der Waals surface area contributed by atoms with Crippen LogP contribution in [0, 0.1) is 12.7 Å². The molecule has 0 unspecified atom stereocenters. The van der Waals surface area contributed by atoms with Crippen molar-refractivity contribution in [2.45, 2.75) is 13.5 Å². The number of aryl methyl sites for hydroxylation is 1. The summed E-state index contributed by atoms with van der Waals surface area (Å²) in [6, 6.07) is 15.3. The Bertz CT molecular complexity index is 1430. The van der Waals surface area contributed by atoms with Gasteiger partial charge in [0.1, 0.15) is 23.8 Å². The molecule has 31 heavy (non-hydrogen) atoms. The first-order valence-corrected chi connectivity index (χ1v) is 10.4. The number of anilines is 1. The number of para-hydroxylation sites is 1. The first-order valence-electron chi connectivity index (χ1n) is 9.59. The maximum Gasteiger partial charge on any atom is 0.261 e. The first kappa shape index (κ1) is 19.2. The zero-order chi connectivity index (χ0) is 21.4. The summed E-state index contributed by atoms with van der Waals surface area (Å²) >= 11 is 1.22. The van der Waals surface area contributed by atoms with Gasteiger partial charge in [0.25, 0.3) is 5.91 Å². The van der Waals surface area contributed by atoms with Gasteiger partial charge in [0, 0.05) is 12.4 Å². The van der Waals surface area contributed by atoms with E-state index >= 15 is 0 Å². The molecule has 0 spiro atoms. The number of halogens is 1. The molecule has 5 aromatic rings. The lowest BCUT2D eigenvalue weighted by Crippen LogP contribution is -2.13. The van der Waals surface area contributed by atoms with Crippen molar-refractivity contribution in [2.75, 3.05) is 5.32 Å². The van der Waals surface area contributed by atoms with Crippen LogP contribution in [0.2, 0.25) is 0 Å². The number of imidazole rings is 1. The number of amides is 1. The number of carbonyl (C=O) groups excluding carboxylic acids is 1. The van der Waals surface area contributed by atoms with E-state index in [1.54, 1.807) is 30.3 Å². The molecule has 1 N–H and O–H groups in total. The molecule has 0 aliphatic rings. The van der Waals surface area contributed by atoms with Crippen LogP contribution < -0.4 is 10.1 Å². The monoisotopic (exact) mass is 432 g/mol. The molecule has 3 aromatic heterocycles. The summed E-state index contributed by atoms with van der Waals surface area (Å²) in [5.41, 5.74) is 3.72. The summed E-state index contributed by atoms with van der Waals surface area (Å²) < 4.78 is 21.9. The highest BCUT2D eigenvalue weighted by Gasteiger charge is 2.15. The number of ether oxygens (including phenoxy) is 1. The van der Waals surface area contributed by atoms with Crippen LogP contribution in [0.25, 0.3) is 15.9 Å². The Kier molecular flexibility index (Phi) is 4.83. The lowest BCUT2D eigenvalue weighted by molar-refractivity contribution is 0.102. The van der Waals surface area contributed by atoms with E-state index in [0.717, 1.165) is 16.9 Å². The van der Waals surface area contributed by atoms with Crippen molar-refractivity contribution < 1.29 is 13.9 Å². The largest absolute Gasteiger partial charge is 0.486 e.